The summed E-state index contributed by atoms with van der Waals surface area (Å²) in [6, 6.07) is 90.8. The molecule has 3 aromatic heterocycles. The van der Waals surface area contributed by atoms with Crippen LogP contribution in [0.3, 0.4) is 0 Å². The molecule has 13 aromatic rings. The summed E-state index contributed by atoms with van der Waals surface area (Å²) >= 11 is 0. The van der Waals surface area contributed by atoms with Crippen molar-refractivity contribution in [3.8, 4) is 73.2 Å². The first-order chi connectivity index (χ1) is 38.5. The van der Waals surface area contributed by atoms with Crippen LogP contribution < -0.4 is 9.30 Å². The minimum absolute atomic E-state index is 0.0460. The van der Waals surface area contributed by atoms with E-state index in [1.807, 2.05) is 6.07 Å². The third-order valence-electron chi connectivity index (χ3n) is 15.6. The van der Waals surface area contributed by atoms with Gasteiger partial charge in [0.05, 0.1) is 33.4 Å². The molecule has 0 spiro atoms. The molecule has 0 aliphatic rings. The maximum absolute atomic E-state index is 6.97. The SMILES string of the molecule is CC(C)(C)c1ccc(-c2cnc(-n3c4ccc(-c5ccccc5)cc4c4ccc(Oc5cccc(-n6[c-][n+](-c7c(-c8ccccc8)cccc7-c7ccccc7)c7ccccc76)c5)cc43)cc2CC(C)(C)c2ccccc2)cc1. The van der Waals surface area contributed by atoms with Crippen LogP contribution in [0.1, 0.15) is 51.3 Å². The van der Waals surface area contributed by atoms with Crippen molar-refractivity contribution in [2.75, 3.05) is 0 Å². The lowest BCUT2D eigenvalue weighted by molar-refractivity contribution is -0.571. The zero-order valence-corrected chi connectivity index (χ0v) is 45.2. The highest BCUT2D eigenvalue weighted by Crippen LogP contribution is 2.41. The Morgan fingerprint density at radius 1 is 0.443 bits per heavy atom. The number of benzene rings is 10. The molecule has 0 amide bonds. The second kappa shape index (κ2) is 20.1. The summed E-state index contributed by atoms with van der Waals surface area (Å²) in [5.41, 5.74) is 19.0. The van der Waals surface area contributed by atoms with Crippen molar-refractivity contribution in [2.45, 2.75) is 51.9 Å². The largest absolute Gasteiger partial charge is 0.458 e. The number of fused-ring (bicyclic) bond motifs is 4. The number of imidazole rings is 1. The van der Waals surface area contributed by atoms with Gasteiger partial charge in [-0.3, -0.25) is 13.7 Å². The van der Waals surface area contributed by atoms with Crippen LogP contribution in [0.15, 0.2) is 261 Å². The number of nitrogens with zero attached hydrogens (tertiary/aromatic N) is 4. The predicted octanol–water partition coefficient (Wildman–Crippen LogP) is 18.5. The summed E-state index contributed by atoms with van der Waals surface area (Å²) in [7, 11) is 0. The number of ether oxygens (including phenoxy) is 1. The summed E-state index contributed by atoms with van der Waals surface area (Å²) < 4.78 is 13.7. The van der Waals surface area contributed by atoms with Crippen molar-refractivity contribution in [1.82, 2.24) is 14.1 Å². The van der Waals surface area contributed by atoms with Gasteiger partial charge in [-0.25, -0.2) is 4.98 Å². The summed E-state index contributed by atoms with van der Waals surface area (Å²) in [5.74, 6) is 2.29. The fourth-order valence-electron chi connectivity index (χ4n) is 11.5. The van der Waals surface area contributed by atoms with Crippen LogP contribution >= 0.6 is 0 Å². The molecule has 79 heavy (non-hydrogen) atoms. The third kappa shape index (κ3) is 9.38. The Kier molecular flexibility index (Phi) is 12.5. The molecule has 13 rings (SSSR count). The van der Waals surface area contributed by atoms with Crippen LogP contribution in [0.5, 0.6) is 11.5 Å². The molecule has 0 saturated heterocycles. The first kappa shape index (κ1) is 49.0. The van der Waals surface area contributed by atoms with Crippen LogP contribution in [0.4, 0.5) is 0 Å². The van der Waals surface area contributed by atoms with Crippen molar-refractivity contribution >= 4 is 32.8 Å². The van der Waals surface area contributed by atoms with E-state index in [1.54, 1.807) is 0 Å². The van der Waals surface area contributed by atoms with E-state index >= 15 is 0 Å². The predicted molar refractivity (Wildman–Crippen MR) is 326 cm³/mol. The number of pyridine rings is 1. The Balaban J connectivity index is 0.933. The van der Waals surface area contributed by atoms with Crippen molar-refractivity contribution in [3.05, 3.63) is 284 Å². The van der Waals surface area contributed by atoms with Gasteiger partial charge in [-0.2, -0.15) is 0 Å². The molecule has 3 heterocycles. The third-order valence-corrected chi connectivity index (χ3v) is 15.6. The van der Waals surface area contributed by atoms with Gasteiger partial charge in [0, 0.05) is 28.6 Å². The van der Waals surface area contributed by atoms with E-state index in [9.17, 15) is 0 Å². The van der Waals surface area contributed by atoms with Crippen LogP contribution in [-0.2, 0) is 17.3 Å². The fourth-order valence-corrected chi connectivity index (χ4v) is 11.5. The van der Waals surface area contributed by atoms with Gasteiger partial charge in [0.15, 0.2) is 0 Å². The van der Waals surface area contributed by atoms with Gasteiger partial charge >= 0.3 is 0 Å². The van der Waals surface area contributed by atoms with E-state index in [1.165, 1.54) is 22.3 Å². The van der Waals surface area contributed by atoms with Gasteiger partial charge in [-0.1, -0.05) is 235 Å². The van der Waals surface area contributed by atoms with Crippen molar-refractivity contribution in [3.63, 3.8) is 0 Å². The summed E-state index contributed by atoms with van der Waals surface area (Å²) in [6.45, 7) is 11.5. The van der Waals surface area contributed by atoms with Gasteiger partial charge in [0.1, 0.15) is 17.3 Å². The normalized spacial score (nSPS) is 11.9. The topological polar surface area (TPSA) is 35.9 Å². The van der Waals surface area contributed by atoms with Gasteiger partial charge in [0.2, 0.25) is 0 Å². The number of hydrogen-bond donors (Lipinski definition) is 0. The fraction of sp³-hybridized carbons (Fsp3) is 0.108. The van der Waals surface area contributed by atoms with Crippen LogP contribution in [0.2, 0.25) is 0 Å². The minimum Gasteiger partial charge on any atom is -0.458 e. The minimum atomic E-state index is -0.163. The molecular formula is C74H60N4O. The second-order valence-corrected chi connectivity index (χ2v) is 22.4. The quantitative estimate of drug-likeness (QED) is 0.0903. The molecule has 0 atom stereocenters. The highest BCUT2D eigenvalue weighted by Gasteiger charge is 2.26. The van der Waals surface area contributed by atoms with Crippen LogP contribution in [0.25, 0.3) is 94.5 Å². The maximum atomic E-state index is 6.97. The van der Waals surface area contributed by atoms with Crippen molar-refractivity contribution in [2.24, 2.45) is 0 Å². The Labute approximate surface area is 463 Å². The van der Waals surface area contributed by atoms with Crippen LogP contribution in [0, 0.1) is 6.33 Å². The maximum Gasteiger partial charge on any atom is 0.269 e. The lowest BCUT2D eigenvalue weighted by Crippen LogP contribution is -2.31. The second-order valence-electron chi connectivity index (χ2n) is 22.4. The zero-order chi connectivity index (χ0) is 53.7. The molecule has 0 bridgehead atoms. The molecule has 5 nitrogen and oxygen atoms in total. The Morgan fingerprint density at radius 2 is 1.04 bits per heavy atom. The molecule has 0 radical (unpaired) electrons. The monoisotopic (exact) mass is 1020 g/mol. The number of aromatic nitrogens is 4. The molecule has 382 valence electrons. The molecule has 5 heteroatoms. The molecule has 10 aromatic carbocycles. The van der Waals surface area contributed by atoms with Gasteiger partial charge in [-0.15, -0.1) is 0 Å². The lowest BCUT2D eigenvalue weighted by Gasteiger charge is -2.27. The Bertz CT molecular complexity index is 4280. The lowest BCUT2D eigenvalue weighted by atomic mass is 9.78. The number of hydrogen-bond acceptors (Lipinski definition) is 2. The number of rotatable bonds is 12. The first-order valence-electron chi connectivity index (χ1n) is 27.3. The molecule has 0 unspecified atom stereocenters. The Hall–Kier alpha value is -9.58. The summed E-state index contributed by atoms with van der Waals surface area (Å²) in [4.78, 5) is 5.38. The summed E-state index contributed by atoms with van der Waals surface area (Å²) in [6.07, 6.45) is 6.73. The molecule has 0 fully saturated rings. The van der Waals surface area contributed by atoms with Gasteiger partial charge < -0.3 is 4.74 Å². The van der Waals surface area contributed by atoms with Crippen LogP contribution in [-0.4, -0.2) is 14.1 Å². The molecule has 0 aliphatic heterocycles. The van der Waals surface area contributed by atoms with Crippen molar-refractivity contribution < 1.29 is 9.30 Å². The highest BCUT2D eigenvalue weighted by atomic mass is 16.5. The zero-order valence-electron chi connectivity index (χ0n) is 45.2. The molecule has 0 aliphatic carbocycles. The smallest absolute Gasteiger partial charge is 0.269 e. The summed E-state index contributed by atoms with van der Waals surface area (Å²) in [5, 5.41) is 2.26. The average molecular weight is 1020 g/mol. The van der Waals surface area contributed by atoms with E-state index < -0.39 is 0 Å². The van der Waals surface area contributed by atoms with E-state index in [2.05, 4.69) is 310 Å². The standard InChI is InChI=1S/C74H60N4O/c1-73(2,3)57-39-36-54(37-40-57)66-49-75-71(45-56(66)48-74(4,5)58-28-16-9-17-29-58)78-67-43-38-55(51-22-10-6-11-23-51)44-65(67)64-42-41-61(47-70(64)78)79-60-31-20-30-59(46-60)76-50-77(69-35-19-18-34-68(69)76)72-62(52-24-12-7-13-25-52)32-21-33-63(72)53-26-14-8-15-27-53/h6-47,49H,48H2,1-5H3. The average Bonchev–Trinajstić information content (AvgIpc) is 3.97. The first-order valence-corrected chi connectivity index (χ1v) is 27.3. The van der Waals surface area contributed by atoms with Gasteiger partial charge in [-0.05, 0) is 121 Å². The molecule has 0 saturated carbocycles. The van der Waals surface area contributed by atoms with Gasteiger partial charge in [0.25, 0.3) is 6.33 Å². The number of para-hydroxylation sites is 3. The highest BCUT2D eigenvalue weighted by molar-refractivity contribution is 6.10. The van der Waals surface area contributed by atoms with E-state index in [0.717, 1.165) is 101 Å². The van der Waals surface area contributed by atoms with Crippen molar-refractivity contribution in [1.29, 1.82) is 0 Å². The van der Waals surface area contributed by atoms with E-state index in [0.29, 0.717) is 5.75 Å². The Morgan fingerprint density at radius 3 is 1.72 bits per heavy atom. The van der Waals surface area contributed by atoms with E-state index in [4.69, 9.17) is 9.72 Å². The molecule has 0 N–H and O–H groups in total. The molecular weight excluding hydrogens is 961 g/mol. The van der Waals surface area contributed by atoms with E-state index in [-0.39, 0.29) is 10.8 Å².